The molecule has 8 atom stereocenters. The van der Waals surface area contributed by atoms with Crippen molar-refractivity contribution in [2.24, 2.45) is 11.8 Å². The van der Waals surface area contributed by atoms with E-state index in [0.717, 1.165) is 24.8 Å². The molecule has 2 fully saturated rings. The van der Waals surface area contributed by atoms with Crippen LogP contribution in [0.1, 0.15) is 53.4 Å². The fourth-order valence-corrected chi connectivity index (χ4v) is 4.33. The summed E-state index contributed by atoms with van der Waals surface area (Å²) in [6.45, 7) is 8.24. The number of methoxy groups -OCH3 is 3. The Morgan fingerprint density at radius 1 is 1.21 bits per heavy atom. The predicted molar refractivity (Wildman–Crippen MR) is 112 cm³/mol. The lowest BCUT2D eigenvalue weighted by atomic mass is 9.81. The molecule has 0 aromatic heterocycles. The Balaban J connectivity index is 1.92. The van der Waals surface area contributed by atoms with Gasteiger partial charge in [-0.3, -0.25) is 0 Å². The number of aliphatic hydroxyl groups is 1. The Labute approximate surface area is 176 Å². The molecule has 6 heteroatoms. The molecule has 29 heavy (non-hydrogen) atoms. The van der Waals surface area contributed by atoms with Gasteiger partial charge in [-0.15, -0.1) is 0 Å². The van der Waals surface area contributed by atoms with Crippen molar-refractivity contribution in [1.29, 1.82) is 0 Å². The van der Waals surface area contributed by atoms with Gasteiger partial charge in [-0.25, -0.2) is 0 Å². The molecule has 0 spiro atoms. The van der Waals surface area contributed by atoms with Gasteiger partial charge in [0.15, 0.2) is 12.1 Å². The average molecular weight is 413 g/mol. The fraction of sp³-hybridized carbons (Fsp3) is 0.826. The molecule has 0 saturated carbocycles. The van der Waals surface area contributed by atoms with Crippen molar-refractivity contribution in [3.63, 3.8) is 0 Å². The fourth-order valence-electron chi connectivity index (χ4n) is 4.33. The SMILES string of the molecule is CC[C@H](OC)[C@@H](C)[C@H]1C[C@@](O)([C@@H](C)/C=C/C=C(\C)[C@H]2O[C@H](OC)CC[C@@H]2OC)O1. The third kappa shape index (κ3) is 5.90. The zero-order valence-corrected chi connectivity index (χ0v) is 19.1. The van der Waals surface area contributed by atoms with Gasteiger partial charge in [0.05, 0.1) is 18.3 Å². The number of hydrogen-bond acceptors (Lipinski definition) is 6. The summed E-state index contributed by atoms with van der Waals surface area (Å²) in [5.74, 6) is -0.970. The van der Waals surface area contributed by atoms with E-state index in [1.807, 2.05) is 32.1 Å². The first-order chi connectivity index (χ1) is 13.8. The van der Waals surface area contributed by atoms with E-state index in [0.29, 0.717) is 6.42 Å². The smallest absolute Gasteiger partial charge is 0.174 e. The van der Waals surface area contributed by atoms with Gasteiger partial charge < -0.3 is 28.8 Å². The van der Waals surface area contributed by atoms with Crippen molar-refractivity contribution in [3.8, 4) is 0 Å². The largest absolute Gasteiger partial charge is 0.381 e. The van der Waals surface area contributed by atoms with E-state index in [4.69, 9.17) is 23.7 Å². The summed E-state index contributed by atoms with van der Waals surface area (Å²) in [5.41, 5.74) is 1.07. The topological polar surface area (TPSA) is 66.4 Å². The predicted octanol–water partition coefficient (Wildman–Crippen LogP) is 3.83. The highest BCUT2D eigenvalue weighted by molar-refractivity contribution is 5.18. The summed E-state index contributed by atoms with van der Waals surface area (Å²) < 4.78 is 28.4. The number of hydrogen-bond donors (Lipinski definition) is 1. The summed E-state index contributed by atoms with van der Waals surface area (Å²) in [7, 11) is 5.11. The lowest BCUT2D eigenvalue weighted by molar-refractivity contribution is -0.351. The first-order valence-electron chi connectivity index (χ1n) is 10.8. The molecule has 2 heterocycles. The Morgan fingerprint density at radius 3 is 2.45 bits per heavy atom. The maximum atomic E-state index is 10.8. The van der Waals surface area contributed by atoms with E-state index in [9.17, 15) is 5.11 Å². The summed E-state index contributed by atoms with van der Waals surface area (Å²) in [5, 5.41) is 10.8. The number of allylic oxidation sites excluding steroid dienone is 2. The molecule has 2 rings (SSSR count). The summed E-state index contributed by atoms with van der Waals surface area (Å²) in [6, 6.07) is 0. The van der Waals surface area contributed by atoms with Gasteiger partial charge in [0.2, 0.25) is 0 Å². The molecule has 2 aliphatic heterocycles. The van der Waals surface area contributed by atoms with Gasteiger partial charge in [-0.2, -0.15) is 0 Å². The molecule has 0 aromatic rings. The summed E-state index contributed by atoms with van der Waals surface area (Å²) in [6.07, 6.45) is 9.14. The minimum absolute atomic E-state index is 0.0252. The van der Waals surface area contributed by atoms with Crippen molar-refractivity contribution < 1.29 is 28.8 Å². The van der Waals surface area contributed by atoms with Crippen LogP contribution in [0.4, 0.5) is 0 Å². The maximum Gasteiger partial charge on any atom is 0.174 e. The zero-order chi connectivity index (χ0) is 21.6. The van der Waals surface area contributed by atoms with Crippen LogP contribution in [0.5, 0.6) is 0 Å². The van der Waals surface area contributed by atoms with Crippen molar-refractivity contribution in [2.75, 3.05) is 21.3 Å². The van der Waals surface area contributed by atoms with Crippen LogP contribution < -0.4 is 0 Å². The molecule has 0 amide bonds. The minimum atomic E-state index is -1.11. The van der Waals surface area contributed by atoms with Crippen LogP contribution in [0.2, 0.25) is 0 Å². The van der Waals surface area contributed by atoms with Crippen LogP contribution in [-0.2, 0) is 23.7 Å². The lowest BCUT2D eigenvalue weighted by Crippen LogP contribution is -2.58. The standard InChI is InChI=1S/C23H40O6/c1-8-18(25-5)17(4)20-14-23(24,29-20)16(3)11-9-10-15(2)22-19(26-6)12-13-21(27-7)28-22/h9-11,16-22,24H,8,12-14H2,1-7H3/b11-9+,15-10+/t16-,17+,18-,19-,20+,21-,22+,23-/m0/s1. The first kappa shape index (κ1) is 24.5. The highest BCUT2D eigenvalue weighted by Crippen LogP contribution is 2.42. The monoisotopic (exact) mass is 412 g/mol. The molecule has 0 aliphatic carbocycles. The van der Waals surface area contributed by atoms with Crippen LogP contribution in [0.3, 0.4) is 0 Å². The normalized spacial score (nSPS) is 36.6. The second-order valence-electron chi connectivity index (χ2n) is 8.40. The second-order valence-corrected chi connectivity index (χ2v) is 8.40. The van der Waals surface area contributed by atoms with E-state index in [2.05, 4.69) is 13.8 Å². The van der Waals surface area contributed by atoms with Gasteiger partial charge in [-0.1, -0.05) is 39.0 Å². The molecular weight excluding hydrogens is 372 g/mol. The van der Waals surface area contributed by atoms with Gasteiger partial charge in [0, 0.05) is 46.0 Å². The summed E-state index contributed by atoms with van der Waals surface area (Å²) >= 11 is 0. The van der Waals surface area contributed by atoms with Crippen LogP contribution in [0.25, 0.3) is 0 Å². The van der Waals surface area contributed by atoms with Gasteiger partial charge in [-0.05, 0) is 25.3 Å². The molecule has 0 unspecified atom stereocenters. The highest BCUT2D eigenvalue weighted by Gasteiger charge is 2.50. The van der Waals surface area contributed by atoms with E-state index >= 15 is 0 Å². The van der Waals surface area contributed by atoms with Crippen molar-refractivity contribution in [2.45, 2.75) is 89.9 Å². The number of rotatable bonds is 10. The molecule has 1 N–H and O–H groups in total. The first-order valence-corrected chi connectivity index (χ1v) is 10.8. The molecule has 6 nitrogen and oxygen atoms in total. The van der Waals surface area contributed by atoms with Crippen LogP contribution in [0, 0.1) is 11.8 Å². The molecule has 0 bridgehead atoms. The van der Waals surface area contributed by atoms with Crippen molar-refractivity contribution in [1.82, 2.24) is 0 Å². The van der Waals surface area contributed by atoms with Crippen molar-refractivity contribution >= 4 is 0 Å². The Morgan fingerprint density at radius 2 is 1.90 bits per heavy atom. The minimum Gasteiger partial charge on any atom is -0.381 e. The van der Waals surface area contributed by atoms with Gasteiger partial charge >= 0.3 is 0 Å². The Bertz CT molecular complexity index is 550. The van der Waals surface area contributed by atoms with Gasteiger partial charge in [0.1, 0.15) is 6.10 Å². The van der Waals surface area contributed by atoms with E-state index in [-0.39, 0.29) is 42.5 Å². The van der Waals surface area contributed by atoms with Gasteiger partial charge in [0.25, 0.3) is 0 Å². The van der Waals surface area contributed by atoms with Crippen molar-refractivity contribution in [3.05, 3.63) is 23.8 Å². The molecule has 2 saturated heterocycles. The van der Waals surface area contributed by atoms with Crippen LogP contribution >= 0.6 is 0 Å². The molecule has 168 valence electrons. The lowest BCUT2D eigenvalue weighted by Gasteiger charge is -2.50. The molecule has 0 radical (unpaired) electrons. The van der Waals surface area contributed by atoms with E-state index in [1.54, 1.807) is 21.3 Å². The highest BCUT2D eigenvalue weighted by atomic mass is 16.7. The zero-order valence-electron chi connectivity index (χ0n) is 19.1. The second kappa shape index (κ2) is 11.0. The summed E-state index contributed by atoms with van der Waals surface area (Å²) in [4.78, 5) is 0. The molecular formula is C23H40O6. The third-order valence-electron chi connectivity index (χ3n) is 6.53. The third-order valence-corrected chi connectivity index (χ3v) is 6.53. The quantitative estimate of drug-likeness (QED) is 0.550. The van der Waals surface area contributed by atoms with Crippen LogP contribution in [0.15, 0.2) is 23.8 Å². The number of ether oxygens (including phenoxy) is 5. The van der Waals surface area contributed by atoms with Crippen LogP contribution in [-0.4, -0.2) is 62.9 Å². The maximum absolute atomic E-state index is 10.8. The van der Waals surface area contributed by atoms with E-state index in [1.165, 1.54) is 0 Å². The molecule has 2 aliphatic rings. The average Bonchev–Trinajstić information content (AvgIpc) is 2.71. The Kier molecular flexibility index (Phi) is 9.32. The molecule has 0 aromatic carbocycles. The Hall–Kier alpha value is -0.760. The van der Waals surface area contributed by atoms with E-state index < -0.39 is 5.79 Å².